The zero-order chi connectivity index (χ0) is 25.5. The molecule has 0 saturated carbocycles. The molecule has 0 bridgehead atoms. The minimum Gasteiger partial charge on any atom is -0.339 e. The number of nitrogens with one attached hydrogen (secondary N) is 1. The molecule has 2 fully saturated rings. The smallest absolute Gasteiger partial charge is 0.325 e. The number of urea groups is 1. The fourth-order valence-electron chi connectivity index (χ4n) is 5.12. The summed E-state index contributed by atoms with van der Waals surface area (Å²) in [6.07, 6.45) is 9.32. The maximum absolute atomic E-state index is 13.8. The van der Waals surface area contributed by atoms with Crippen molar-refractivity contribution in [1.82, 2.24) is 25.0 Å². The number of likely N-dealkylation sites (tertiary alicyclic amines) is 1. The number of benzene rings is 1. The Morgan fingerprint density at radius 3 is 2.56 bits per heavy atom. The van der Waals surface area contributed by atoms with Gasteiger partial charge in [-0.05, 0) is 69.0 Å². The molecular formula is C28H35N5O3. The molecule has 2 aromatic rings. The Balaban J connectivity index is 1.46. The first-order chi connectivity index (χ1) is 17.4. The minimum absolute atomic E-state index is 0.0339. The van der Waals surface area contributed by atoms with Gasteiger partial charge < -0.3 is 15.1 Å². The number of aryl methyl sites for hydroxylation is 1. The van der Waals surface area contributed by atoms with E-state index in [1.165, 1.54) is 4.90 Å². The lowest BCUT2D eigenvalue weighted by molar-refractivity contribution is -0.135. The van der Waals surface area contributed by atoms with Crippen molar-refractivity contribution in [2.24, 2.45) is 5.92 Å². The number of aromatic nitrogens is 1. The molecule has 4 rings (SSSR count). The normalized spacial score (nSPS) is 21.0. The van der Waals surface area contributed by atoms with Crippen LogP contribution in [0.5, 0.6) is 0 Å². The molecular weight excluding hydrogens is 454 g/mol. The van der Waals surface area contributed by atoms with Crippen molar-refractivity contribution < 1.29 is 14.4 Å². The van der Waals surface area contributed by atoms with Gasteiger partial charge in [0.25, 0.3) is 5.91 Å². The van der Waals surface area contributed by atoms with Crippen LogP contribution in [0.1, 0.15) is 30.4 Å². The number of nitrogens with zero attached hydrogens (tertiary/aromatic N) is 4. The van der Waals surface area contributed by atoms with Crippen LogP contribution in [-0.2, 0) is 16.0 Å². The van der Waals surface area contributed by atoms with Gasteiger partial charge in [0, 0.05) is 44.6 Å². The van der Waals surface area contributed by atoms with Crippen molar-refractivity contribution in [2.75, 3.05) is 40.3 Å². The number of hydrogen-bond donors (Lipinski definition) is 1. The zero-order valence-electron chi connectivity index (χ0n) is 21.1. The largest absolute Gasteiger partial charge is 0.339 e. The van der Waals surface area contributed by atoms with E-state index in [4.69, 9.17) is 0 Å². The van der Waals surface area contributed by atoms with Crippen LogP contribution in [0, 0.1) is 5.92 Å². The van der Waals surface area contributed by atoms with Gasteiger partial charge in [-0.3, -0.25) is 19.5 Å². The SMILES string of the molecule is CN(C)CCN1C(=O)NC(CCc2ccccc2)(C2CCN(C(=O)/C=C/c3cccnc3)CC2)C1=O. The van der Waals surface area contributed by atoms with Crippen LogP contribution in [0.2, 0.25) is 0 Å². The number of imide groups is 1. The topological polar surface area (TPSA) is 85.8 Å². The van der Waals surface area contributed by atoms with Gasteiger partial charge in [0.1, 0.15) is 5.54 Å². The fraction of sp³-hybridized carbons (Fsp3) is 0.429. The van der Waals surface area contributed by atoms with Gasteiger partial charge in [-0.15, -0.1) is 0 Å². The lowest BCUT2D eigenvalue weighted by Gasteiger charge is -2.41. The predicted molar refractivity (Wildman–Crippen MR) is 139 cm³/mol. The van der Waals surface area contributed by atoms with Crippen molar-refractivity contribution >= 4 is 23.9 Å². The maximum atomic E-state index is 13.8. The van der Waals surface area contributed by atoms with Gasteiger partial charge in [-0.1, -0.05) is 36.4 Å². The molecule has 3 heterocycles. The maximum Gasteiger partial charge on any atom is 0.325 e. The molecule has 2 aliphatic rings. The first kappa shape index (κ1) is 25.6. The van der Waals surface area contributed by atoms with Crippen LogP contribution >= 0.6 is 0 Å². The Morgan fingerprint density at radius 1 is 1.14 bits per heavy atom. The van der Waals surface area contributed by atoms with Crippen LogP contribution < -0.4 is 5.32 Å². The summed E-state index contributed by atoms with van der Waals surface area (Å²) in [6, 6.07) is 13.5. The summed E-state index contributed by atoms with van der Waals surface area (Å²) in [5, 5.41) is 3.12. The number of hydrogen-bond acceptors (Lipinski definition) is 5. The molecule has 4 amide bonds. The average Bonchev–Trinajstić information content (AvgIpc) is 3.15. The van der Waals surface area contributed by atoms with Crippen LogP contribution in [0.4, 0.5) is 4.79 Å². The van der Waals surface area contributed by atoms with E-state index in [9.17, 15) is 14.4 Å². The average molecular weight is 490 g/mol. The predicted octanol–water partition coefficient (Wildman–Crippen LogP) is 2.82. The molecule has 2 aliphatic heterocycles. The van der Waals surface area contributed by atoms with Gasteiger partial charge in [-0.2, -0.15) is 0 Å². The van der Waals surface area contributed by atoms with Gasteiger partial charge in [0.2, 0.25) is 5.91 Å². The number of amides is 4. The second-order valence-corrected chi connectivity index (χ2v) is 9.87. The van der Waals surface area contributed by atoms with Crippen LogP contribution in [0.3, 0.4) is 0 Å². The number of pyridine rings is 1. The van der Waals surface area contributed by atoms with E-state index < -0.39 is 5.54 Å². The van der Waals surface area contributed by atoms with Crippen LogP contribution in [0.15, 0.2) is 60.9 Å². The molecule has 0 spiro atoms. The van der Waals surface area contributed by atoms with Crippen molar-refractivity contribution in [3.8, 4) is 0 Å². The first-order valence-electron chi connectivity index (χ1n) is 12.6. The van der Waals surface area contributed by atoms with E-state index in [2.05, 4.69) is 22.4 Å². The summed E-state index contributed by atoms with van der Waals surface area (Å²) in [4.78, 5) is 48.7. The molecule has 1 aromatic heterocycles. The summed E-state index contributed by atoms with van der Waals surface area (Å²) >= 11 is 0. The molecule has 2 saturated heterocycles. The van der Waals surface area contributed by atoms with Gasteiger partial charge in [-0.25, -0.2) is 4.79 Å². The highest BCUT2D eigenvalue weighted by Gasteiger charge is 2.55. The van der Waals surface area contributed by atoms with E-state index in [0.29, 0.717) is 51.9 Å². The van der Waals surface area contributed by atoms with E-state index in [1.807, 2.05) is 54.2 Å². The molecule has 8 heteroatoms. The summed E-state index contributed by atoms with van der Waals surface area (Å²) in [5.41, 5.74) is 1.07. The molecule has 1 N–H and O–H groups in total. The monoisotopic (exact) mass is 489 g/mol. The van der Waals surface area contributed by atoms with E-state index in [1.54, 1.807) is 24.5 Å². The number of likely N-dealkylation sites (N-methyl/N-ethyl adjacent to an activating group) is 1. The number of piperidine rings is 1. The highest BCUT2D eigenvalue weighted by atomic mass is 16.2. The standard InChI is InChI=1S/C28H35N5O3/c1-31(2)19-20-33-26(35)28(30-27(33)36,15-12-22-7-4-3-5-8-22)24-13-17-32(18-14-24)25(34)11-10-23-9-6-16-29-21-23/h3-11,16,21,24H,12-15,17-20H2,1-2H3,(H,30,36)/b11-10+. The Bertz CT molecular complexity index is 1080. The van der Waals surface area contributed by atoms with Gasteiger partial charge in [0.05, 0.1) is 0 Å². The Morgan fingerprint density at radius 2 is 1.89 bits per heavy atom. The lowest BCUT2D eigenvalue weighted by atomic mass is 9.74. The highest BCUT2D eigenvalue weighted by Crippen LogP contribution is 2.37. The molecule has 190 valence electrons. The molecule has 1 atom stereocenters. The van der Waals surface area contributed by atoms with Crippen molar-refractivity contribution in [2.45, 2.75) is 31.2 Å². The highest BCUT2D eigenvalue weighted by molar-refractivity contribution is 6.07. The Labute approximate surface area is 213 Å². The summed E-state index contributed by atoms with van der Waals surface area (Å²) in [7, 11) is 3.85. The number of rotatable bonds is 9. The number of carbonyl (C=O) groups is 3. The second-order valence-electron chi connectivity index (χ2n) is 9.87. The molecule has 0 radical (unpaired) electrons. The van der Waals surface area contributed by atoms with Crippen LogP contribution in [-0.4, -0.2) is 83.3 Å². The van der Waals surface area contributed by atoms with E-state index >= 15 is 0 Å². The van der Waals surface area contributed by atoms with E-state index in [-0.39, 0.29) is 23.8 Å². The summed E-state index contributed by atoms with van der Waals surface area (Å²) < 4.78 is 0. The molecule has 1 aromatic carbocycles. The Kier molecular flexibility index (Phi) is 8.15. The quantitative estimate of drug-likeness (QED) is 0.433. The van der Waals surface area contributed by atoms with Gasteiger partial charge >= 0.3 is 6.03 Å². The molecule has 36 heavy (non-hydrogen) atoms. The molecule has 8 nitrogen and oxygen atoms in total. The first-order valence-corrected chi connectivity index (χ1v) is 12.6. The lowest BCUT2D eigenvalue weighted by Crippen LogP contribution is -2.57. The summed E-state index contributed by atoms with van der Waals surface area (Å²) in [6.45, 7) is 2.08. The second kappa shape index (κ2) is 11.5. The molecule has 0 aliphatic carbocycles. The van der Waals surface area contributed by atoms with Crippen LogP contribution in [0.25, 0.3) is 6.08 Å². The molecule has 1 unspecified atom stereocenters. The minimum atomic E-state index is -0.945. The number of carbonyl (C=O) groups excluding carboxylic acids is 3. The third-order valence-electron chi connectivity index (χ3n) is 7.23. The van der Waals surface area contributed by atoms with Crippen molar-refractivity contribution in [1.29, 1.82) is 0 Å². The summed E-state index contributed by atoms with van der Waals surface area (Å²) in [5.74, 6) is -0.218. The zero-order valence-corrected chi connectivity index (χ0v) is 21.1. The third-order valence-corrected chi connectivity index (χ3v) is 7.23. The fourth-order valence-corrected chi connectivity index (χ4v) is 5.12. The van der Waals surface area contributed by atoms with Crippen molar-refractivity contribution in [3.63, 3.8) is 0 Å². The van der Waals surface area contributed by atoms with Crippen molar-refractivity contribution in [3.05, 3.63) is 72.1 Å². The van der Waals surface area contributed by atoms with Gasteiger partial charge in [0.15, 0.2) is 0 Å². The van der Waals surface area contributed by atoms with E-state index in [0.717, 1.165) is 11.1 Å². The Hall–Kier alpha value is -3.52. The third kappa shape index (κ3) is 5.82.